The second-order valence-electron chi connectivity index (χ2n) is 5.31. The Morgan fingerprint density at radius 2 is 1.69 bits per heavy atom. The first-order valence-corrected chi connectivity index (χ1v) is 8.67. The predicted octanol–water partition coefficient (Wildman–Crippen LogP) is 2.96. The van der Waals surface area contributed by atoms with Crippen molar-refractivity contribution in [3.8, 4) is 5.75 Å². The predicted molar refractivity (Wildman–Crippen MR) is 106 cm³/mol. The molecule has 0 heterocycles. The number of amides is 2. The molecule has 0 unspecified atom stereocenters. The number of carbonyl (C=O) groups excluding carboxylic acids is 2. The lowest BCUT2D eigenvalue weighted by atomic mass is 10.2. The van der Waals surface area contributed by atoms with Crippen molar-refractivity contribution in [3.63, 3.8) is 0 Å². The van der Waals surface area contributed by atoms with E-state index in [9.17, 15) is 9.59 Å². The number of carbonyl (C=O) groups is 2. The third-order valence-corrected chi connectivity index (χ3v) is 3.56. The van der Waals surface area contributed by atoms with Gasteiger partial charge in [-0.15, -0.1) is 0 Å². The summed E-state index contributed by atoms with van der Waals surface area (Å²) in [6.07, 6.45) is 0. The van der Waals surface area contributed by atoms with Crippen molar-refractivity contribution < 1.29 is 14.3 Å². The van der Waals surface area contributed by atoms with Crippen LogP contribution in [0.1, 0.15) is 34.6 Å². The average Bonchev–Trinajstić information content (AvgIpc) is 2.62. The van der Waals surface area contributed by atoms with Crippen molar-refractivity contribution in [1.29, 1.82) is 0 Å². The SMILES string of the molecule is CCNC(=O)c1cccc(NC(=S)NC(=O)c2cccc(OCC)c2)c1. The molecular weight excluding hydrogens is 350 g/mol. The van der Waals surface area contributed by atoms with E-state index in [0.29, 0.717) is 35.7 Å². The molecule has 0 radical (unpaired) electrons. The van der Waals surface area contributed by atoms with E-state index in [1.807, 2.05) is 13.8 Å². The van der Waals surface area contributed by atoms with Gasteiger partial charge in [0.15, 0.2) is 5.11 Å². The van der Waals surface area contributed by atoms with Gasteiger partial charge in [-0.25, -0.2) is 0 Å². The summed E-state index contributed by atoms with van der Waals surface area (Å²) in [7, 11) is 0. The molecule has 0 spiro atoms. The molecule has 3 N–H and O–H groups in total. The smallest absolute Gasteiger partial charge is 0.257 e. The molecule has 2 aromatic rings. The second kappa shape index (κ2) is 9.53. The Hall–Kier alpha value is -2.93. The number of ether oxygens (including phenoxy) is 1. The van der Waals surface area contributed by atoms with Crippen LogP contribution in [0.15, 0.2) is 48.5 Å². The maximum Gasteiger partial charge on any atom is 0.257 e. The highest BCUT2D eigenvalue weighted by molar-refractivity contribution is 7.80. The first-order valence-electron chi connectivity index (χ1n) is 8.27. The van der Waals surface area contributed by atoms with Gasteiger partial charge in [0.05, 0.1) is 6.61 Å². The molecule has 0 saturated heterocycles. The van der Waals surface area contributed by atoms with Gasteiger partial charge in [-0.2, -0.15) is 0 Å². The van der Waals surface area contributed by atoms with E-state index in [4.69, 9.17) is 17.0 Å². The lowest BCUT2D eigenvalue weighted by Crippen LogP contribution is -2.34. The van der Waals surface area contributed by atoms with Gasteiger partial charge in [0, 0.05) is 23.4 Å². The van der Waals surface area contributed by atoms with Crippen LogP contribution in [0.3, 0.4) is 0 Å². The molecule has 26 heavy (non-hydrogen) atoms. The highest BCUT2D eigenvalue weighted by Gasteiger charge is 2.10. The van der Waals surface area contributed by atoms with Crippen molar-refractivity contribution in [1.82, 2.24) is 10.6 Å². The van der Waals surface area contributed by atoms with Crippen molar-refractivity contribution in [2.45, 2.75) is 13.8 Å². The van der Waals surface area contributed by atoms with E-state index in [1.165, 1.54) is 0 Å². The second-order valence-corrected chi connectivity index (χ2v) is 5.72. The summed E-state index contributed by atoms with van der Waals surface area (Å²) in [6.45, 7) is 4.80. The van der Waals surface area contributed by atoms with E-state index >= 15 is 0 Å². The van der Waals surface area contributed by atoms with Crippen LogP contribution in [0.25, 0.3) is 0 Å². The molecule has 2 aromatic carbocycles. The number of anilines is 1. The molecule has 0 fully saturated rings. The molecular formula is C19H21N3O3S. The van der Waals surface area contributed by atoms with Crippen LogP contribution in [-0.2, 0) is 0 Å². The topological polar surface area (TPSA) is 79.5 Å². The molecule has 0 aliphatic heterocycles. The van der Waals surface area contributed by atoms with Gasteiger partial charge in [-0.1, -0.05) is 12.1 Å². The molecule has 0 saturated carbocycles. The third kappa shape index (κ3) is 5.56. The van der Waals surface area contributed by atoms with E-state index in [2.05, 4.69) is 16.0 Å². The molecule has 0 aromatic heterocycles. The van der Waals surface area contributed by atoms with Crippen molar-refractivity contribution in [2.75, 3.05) is 18.5 Å². The quantitative estimate of drug-likeness (QED) is 0.681. The largest absolute Gasteiger partial charge is 0.494 e. The van der Waals surface area contributed by atoms with Crippen LogP contribution in [-0.4, -0.2) is 30.1 Å². The summed E-state index contributed by atoms with van der Waals surface area (Å²) in [6, 6.07) is 13.7. The van der Waals surface area contributed by atoms with Gasteiger partial charge < -0.3 is 15.4 Å². The van der Waals surface area contributed by atoms with E-state index < -0.39 is 0 Å². The summed E-state index contributed by atoms with van der Waals surface area (Å²) in [5.74, 6) is 0.108. The molecule has 7 heteroatoms. The summed E-state index contributed by atoms with van der Waals surface area (Å²) in [5, 5.41) is 8.40. The number of hydrogen-bond acceptors (Lipinski definition) is 4. The van der Waals surface area contributed by atoms with Crippen LogP contribution in [0.5, 0.6) is 5.75 Å². The minimum Gasteiger partial charge on any atom is -0.494 e. The molecule has 6 nitrogen and oxygen atoms in total. The first kappa shape index (κ1) is 19.4. The first-order chi connectivity index (χ1) is 12.5. The fourth-order valence-corrected chi connectivity index (χ4v) is 2.44. The van der Waals surface area contributed by atoms with Crippen LogP contribution in [0, 0.1) is 0 Å². The average molecular weight is 371 g/mol. The Kier molecular flexibility index (Phi) is 7.11. The minimum absolute atomic E-state index is 0.143. The lowest BCUT2D eigenvalue weighted by Gasteiger charge is -2.11. The van der Waals surface area contributed by atoms with Gasteiger partial charge in [0.1, 0.15) is 5.75 Å². The Bertz CT molecular complexity index is 808. The highest BCUT2D eigenvalue weighted by Crippen LogP contribution is 2.14. The summed E-state index contributed by atoms with van der Waals surface area (Å²) in [4.78, 5) is 24.2. The molecule has 0 aliphatic rings. The fraction of sp³-hybridized carbons (Fsp3) is 0.211. The zero-order valence-corrected chi connectivity index (χ0v) is 15.5. The van der Waals surface area contributed by atoms with Crippen molar-refractivity contribution in [2.24, 2.45) is 0 Å². The monoisotopic (exact) mass is 371 g/mol. The molecule has 136 valence electrons. The zero-order valence-electron chi connectivity index (χ0n) is 14.7. The number of rotatable bonds is 6. The van der Waals surface area contributed by atoms with Crippen molar-refractivity contribution >= 4 is 34.8 Å². The van der Waals surface area contributed by atoms with E-state index in [-0.39, 0.29) is 16.9 Å². The van der Waals surface area contributed by atoms with Crippen LogP contribution in [0.4, 0.5) is 5.69 Å². The summed E-state index contributed by atoms with van der Waals surface area (Å²) in [5.41, 5.74) is 1.56. The number of thiocarbonyl (C=S) groups is 1. The number of hydrogen-bond donors (Lipinski definition) is 3. The molecule has 0 aliphatic carbocycles. The van der Waals surface area contributed by atoms with Gasteiger partial charge in [-0.05, 0) is 62.5 Å². The van der Waals surface area contributed by atoms with Gasteiger partial charge >= 0.3 is 0 Å². The van der Waals surface area contributed by atoms with Crippen LogP contribution >= 0.6 is 12.2 Å². The van der Waals surface area contributed by atoms with E-state index in [0.717, 1.165) is 0 Å². The Morgan fingerprint density at radius 3 is 2.38 bits per heavy atom. The van der Waals surface area contributed by atoms with Crippen LogP contribution < -0.4 is 20.7 Å². The Balaban J connectivity index is 2.00. The van der Waals surface area contributed by atoms with Crippen LogP contribution in [0.2, 0.25) is 0 Å². The maximum absolute atomic E-state index is 12.3. The van der Waals surface area contributed by atoms with Gasteiger partial charge in [-0.3, -0.25) is 14.9 Å². The molecule has 0 atom stereocenters. The van der Waals surface area contributed by atoms with Gasteiger partial charge in [0.2, 0.25) is 0 Å². The van der Waals surface area contributed by atoms with Gasteiger partial charge in [0.25, 0.3) is 11.8 Å². The highest BCUT2D eigenvalue weighted by atomic mass is 32.1. The zero-order chi connectivity index (χ0) is 18.9. The third-order valence-electron chi connectivity index (χ3n) is 3.35. The standard InChI is InChI=1S/C19H21N3O3S/c1-3-20-17(23)13-7-5-9-15(11-13)21-19(26)22-18(24)14-8-6-10-16(12-14)25-4-2/h5-12H,3-4H2,1-2H3,(H,20,23)(H2,21,22,24,26). The lowest BCUT2D eigenvalue weighted by molar-refractivity contribution is 0.0953. The molecule has 2 amide bonds. The normalized spacial score (nSPS) is 9.92. The molecule has 0 bridgehead atoms. The van der Waals surface area contributed by atoms with E-state index in [1.54, 1.807) is 48.5 Å². The number of nitrogens with one attached hydrogen (secondary N) is 3. The minimum atomic E-state index is -0.344. The maximum atomic E-state index is 12.3. The Labute approximate surface area is 157 Å². The molecule has 2 rings (SSSR count). The summed E-state index contributed by atoms with van der Waals surface area (Å²) >= 11 is 5.18. The number of benzene rings is 2. The Morgan fingerprint density at radius 1 is 1.00 bits per heavy atom. The fourth-order valence-electron chi connectivity index (χ4n) is 2.23. The summed E-state index contributed by atoms with van der Waals surface area (Å²) < 4.78 is 5.39. The van der Waals surface area contributed by atoms with Crippen molar-refractivity contribution in [3.05, 3.63) is 59.7 Å².